The minimum absolute atomic E-state index is 0.421. The van der Waals surface area contributed by atoms with Crippen LogP contribution in [-0.4, -0.2) is 12.6 Å². The molecule has 1 rings (SSSR count). The van der Waals surface area contributed by atoms with Gasteiger partial charge in [-0.15, -0.1) is 11.3 Å². The molecule has 1 atom stereocenters. The van der Waals surface area contributed by atoms with E-state index >= 15 is 0 Å². The van der Waals surface area contributed by atoms with Gasteiger partial charge < -0.3 is 5.32 Å². The fourth-order valence-corrected chi connectivity index (χ4v) is 4.08. The normalized spacial score (nSPS) is 14.8. The first-order valence-corrected chi connectivity index (χ1v) is 9.15. The lowest BCUT2D eigenvalue weighted by atomic mass is 9.76. The van der Waals surface area contributed by atoms with Gasteiger partial charge in [0, 0.05) is 27.3 Å². The van der Waals surface area contributed by atoms with E-state index in [-0.39, 0.29) is 0 Å². The van der Waals surface area contributed by atoms with E-state index < -0.39 is 0 Å². The number of thiophene rings is 1. The minimum Gasteiger partial charge on any atom is -0.314 e. The van der Waals surface area contributed by atoms with Crippen LogP contribution in [0.4, 0.5) is 0 Å². The molecule has 1 aromatic rings. The van der Waals surface area contributed by atoms with E-state index in [0.29, 0.717) is 11.5 Å². The van der Waals surface area contributed by atoms with Gasteiger partial charge in [0.25, 0.3) is 0 Å². The first kappa shape index (κ1) is 17.2. The van der Waals surface area contributed by atoms with E-state index in [1.54, 1.807) is 0 Å². The molecule has 1 heterocycles. The van der Waals surface area contributed by atoms with Crippen LogP contribution in [0.25, 0.3) is 0 Å². The first-order valence-electron chi connectivity index (χ1n) is 7.47. The van der Waals surface area contributed by atoms with Crippen molar-refractivity contribution in [3.63, 3.8) is 0 Å². The van der Waals surface area contributed by atoms with Gasteiger partial charge in [-0.2, -0.15) is 0 Å². The van der Waals surface area contributed by atoms with Crippen molar-refractivity contribution in [2.45, 2.75) is 65.8 Å². The molecule has 0 fully saturated rings. The van der Waals surface area contributed by atoms with Gasteiger partial charge in [-0.05, 0) is 46.7 Å². The summed E-state index contributed by atoms with van der Waals surface area (Å²) in [5.41, 5.74) is 0.421. The van der Waals surface area contributed by atoms with Crippen molar-refractivity contribution >= 4 is 27.3 Å². The molecule has 110 valence electrons. The van der Waals surface area contributed by atoms with Crippen molar-refractivity contribution in [1.82, 2.24) is 5.32 Å². The van der Waals surface area contributed by atoms with Gasteiger partial charge in [0.2, 0.25) is 0 Å². The van der Waals surface area contributed by atoms with Crippen LogP contribution in [0.1, 0.15) is 58.3 Å². The Morgan fingerprint density at radius 3 is 2.58 bits per heavy atom. The third-order valence-electron chi connectivity index (χ3n) is 3.87. The van der Waals surface area contributed by atoms with Gasteiger partial charge in [0.1, 0.15) is 0 Å². The summed E-state index contributed by atoms with van der Waals surface area (Å²) < 4.78 is 1.23. The topological polar surface area (TPSA) is 12.0 Å². The van der Waals surface area contributed by atoms with Crippen LogP contribution >= 0.6 is 27.3 Å². The fraction of sp³-hybridized carbons (Fsp3) is 0.750. The van der Waals surface area contributed by atoms with Gasteiger partial charge in [0.05, 0.1) is 0 Å². The number of halogens is 1. The highest BCUT2D eigenvalue weighted by atomic mass is 79.9. The van der Waals surface area contributed by atoms with Gasteiger partial charge in [0.15, 0.2) is 0 Å². The summed E-state index contributed by atoms with van der Waals surface area (Å²) in [7, 11) is 0. The number of hydrogen-bond donors (Lipinski definition) is 1. The number of nitrogens with one attached hydrogen (secondary N) is 1. The molecule has 0 aliphatic carbocycles. The maximum Gasteiger partial charge on any atom is 0.0285 e. The Kier molecular flexibility index (Phi) is 7.63. The average molecular weight is 346 g/mol. The summed E-state index contributed by atoms with van der Waals surface area (Å²) in [4.78, 5) is 1.51. The summed E-state index contributed by atoms with van der Waals surface area (Å²) in [5.74, 6) is 0. The second-order valence-electron chi connectivity index (χ2n) is 5.90. The summed E-state index contributed by atoms with van der Waals surface area (Å²) in [5, 5.41) is 5.87. The van der Waals surface area contributed by atoms with Crippen LogP contribution < -0.4 is 5.32 Å². The smallest absolute Gasteiger partial charge is 0.0285 e. The third kappa shape index (κ3) is 5.97. The third-order valence-corrected chi connectivity index (χ3v) is 5.56. The lowest BCUT2D eigenvalue weighted by Crippen LogP contribution is -2.38. The Bertz CT molecular complexity index is 361. The van der Waals surface area contributed by atoms with Gasteiger partial charge in [-0.3, -0.25) is 0 Å². The Labute approximate surface area is 131 Å². The van der Waals surface area contributed by atoms with Crippen molar-refractivity contribution in [2.24, 2.45) is 5.41 Å². The molecule has 0 radical (unpaired) electrons. The van der Waals surface area contributed by atoms with Crippen molar-refractivity contribution < 1.29 is 0 Å². The van der Waals surface area contributed by atoms with Gasteiger partial charge in [-0.1, -0.05) is 40.5 Å². The average Bonchev–Trinajstić information content (AvgIpc) is 2.78. The molecule has 0 aromatic carbocycles. The van der Waals surface area contributed by atoms with E-state index in [1.165, 1.54) is 41.5 Å². The SMILES string of the molecule is CCCCC(CC)(CNC(C)C)Cc1cc(Br)cs1. The Hall–Kier alpha value is 0.140. The molecule has 1 N–H and O–H groups in total. The quantitative estimate of drug-likeness (QED) is 0.610. The molecule has 0 saturated heterocycles. The van der Waals surface area contributed by atoms with Crippen molar-refractivity contribution in [3.8, 4) is 0 Å². The summed E-state index contributed by atoms with van der Waals surface area (Å²) in [6, 6.07) is 2.86. The molecule has 0 aliphatic heterocycles. The molecule has 3 heteroatoms. The maximum absolute atomic E-state index is 3.67. The second kappa shape index (κ2) is 8.43. The number of rotatable bonds is 9. The van der Waals surface area contributed by atoms with E-state index in [0.717, 1.165) is 6.54 Å². The van der Waals surface area contributed by atoms with E-state index in [4.69, 9.17) is 0 Å². The molecule has 0 saturated carbocycles. The maximum atomic E-state index is 3.67. The van der Waals surface area contributed by atoms with E-state index in [2.05, 4.69) is 60.4 Å². The predicted octanol–water partition coefficient (Wildman–Crippen LogP) is 5.64. The molecule has 0 aliphatic rings. The molecule has 0 bridgehead atoms. The Morgan fingerprint density at radius 2 is 2.11 bits per heavy atom. The predicted molar refractivity (Wildman–Crippen MR) is 91.1 cm³/mol. The number of hydrogen-bond acceptors (Lipinski definition) is 2. The fourth-order valence-electron chi connectivity index (χ4n) is 2.45. The van der Waals surface area contributed by atoms with Crippen LogP contribution in [0.15, 0.2) is 15.9 Å². The molecule has 1 aromatic heterocycles. The van der Waals surface area contributed by atoms with Crippen LogP contribution in [0.2, 0.25) is 0 Å². The zero-order valence-electron chi connectivity index (χ0n) is 12.8. The lowest BCUT2D eigenvalue weighted by Gasteiger charge is -2.34. The largest absolute Gasteiger partial charge is 0.314 e. The minimum atomic E-state index is 0.421. The van der Waals surface area contributed by atoms with Crippen molar-refractivity contribution in [2.75, 3.05) is 6.54 Å². The molecule has 1 unspecified atom stereocenters. The van der Waals surface area contributed by atoms with Crippen LogP contribution in [0, 0.1) is 5.41 Å². The molecule has 0 spiro atoms. The highest BCUT2D eigenvalue weighted by Gasteiger charge is 2.28. The van der Waals surface area contributed by atoms with Crippen LogP contribution in [-0.2, 0) is 6.42 Å². The molecular formula is C16H28BrNS. The molecular weight excluding hydrogens is 318 g/mol. The zero-order valence-corrected chi connectivity index (χ0v) is 15.2. The highest BCUT2D eigenvalue weighted by molar-refractivity contribution is 9.10. The lowest BCUT2D eigenvalue weighted by molar-refractivity contribution is 0.224. The van der Waals surface area contributed by atoms with E-state index in [1.807, 2.05) is 11.3 Å². The highest BCUT2D eigenvalue weighted by Crippen LogP contribution is 2.35. The molecule has 1 nitrogen and oxygen atoms in total. The zero-order chi connectivity index (χ0) is 14.3. The standard InChI is InChI=1S/C16H28BrNS/c1-5-7-8-16(6-2,12-18-13(3)4)10-15-9-14(17)11-19-15/h9,11,13,18H,5-8,10,12H2,1-4H3. The van der Waals surface area contributed by atoms with E-state index in [9.17, 15) is 0 Å². The molecule has 19 heavy (non-hydrogen) atoms. The van der Waals surface area contributed by atoms with Crippen molar-refractivity contribution in [1.29, 1.82) is 0 Å². The Morgan fingerprint density at radius 1 is 1.37 bits per heavy atom. The Balaban J connectivity index is 2.75. The first-order chi connectivity index (χ1) is 9.01. The van der Waals surface area contributed by atoms with Gasteiger partial charge in [-0.25, -0.2) is 0 Å². The monoisotopic (exact) mass is 345 g/mol. The van der Waals surface area contributed by atoms with Crippen molar-refractivity contribution in [3.05, 3.63) is 20.8 Å². The molecule has 0 amide bonds. The second-order valence-corrected chi connectivity index (χ2v) is 7.81. The number of unbranched alkanes of at least 4 members (excludes halogenated alkanes) is 1. The summed E-state index contributed by atoms with van der Waals surface area (Å²) in [6.07, 6.45) is 6.41. The summed E-state index contributed by atoms with van der Waals surface area (Å²) in [6.45, 7) is 10.2. The van der Waals surface area contributed by atoms with Gasteiger partial charge >= 0.3 is 0 Å². The van der Waals surface area contributed by atoms with Crippen LogP contribution in [0.3, 0.4) is 0 Å². The summed E-state index contributed by atoms with van der Waals surface area (Å²) >= 11 is 5.46. The van der Waals surface area contributed by atoms with Crippen LogP contribution in [0.5, 0.6) is 0 Å².